The van der Waals surface area contributed by atoms with E-state index in [1.807, 2.05) is 66.7 Å². The summed E-state index contributed by atoms with van der Waals surface area (Å²) in [5.74, 6) is -0.384. The second-order valence-corrected chi connectivity index (χ2v) is 6.00. The van der Waals surface area contributed by atoms with Crippen molar-refractivity contribution >= 4 is 11.5 Å². The number of primary amides is 1. The van der Waals surface area contributed by atoms with Crippen molar-refractivity contribution < 1.29 is 4.79 Å². The maximum atomic E-state index is 11.9. The fourth-order valence-electron chi connectivity index (χ4n) is 2.94. The summed E-state index contributed by atoms with van der Waals surface area (Å²) in [5.41, 5.74) is 9.85. The number of hydrogen-bond donors (Lipinski definition) is 2. The fraction of sp³-hybridized carbons (Fsp3) is 0.0870. The first kappa shape index (κ1) is 17.6. The van der Waals surface area contributed by atoms with E-state index in [1.165, 1.54) is 0 Å². The Bertz CT molecular complexity index is 817. The van der Waals surface area contributed by atoms with E-state index >= 15 is 0 Å². The summed E-state index contributed by atoms with van der Waals surface area (Å²) >= 11 is 0. The molecule has 3 N–H and O–H groups in total. The minimum atomic E-state index is -0.514. The molecule has 3 nitrogen and oxygen atoms in total. The van der Waals surface area contributed by atoms with E-state index in [-0.39, 0.29) is 5.91 Å². The lowest BCUT2D eigenvalue weighted by Crippen LogP contribution is -2.33. The summed E-state index contributed by atoms with van der Waals surface area (Å²) < 4.78 is 0. The van der Waals surface area contributed by atoms with Gasteiger partial charge in [0.15, 0.2) is 0 Å². The van der Waals surface area contributed by atoms with Crippen LogP contribution >= 0.6 is 0 Å². The highest BCUT2D eigenvalue weighted by molar-refractivity contribution is 5.82. The molecule has 0 aliphatic heterocycles. The molecule has 3 rings (SSSR count). The minimum absolute atomic E-state index is 0.384. The van der Waals surface area contributed by atoms with Crippen LogP contribution in [0.1, 0.15) is 22.7 Å². The minimum Gasteiger partial charge on any atom is -0.368 e. The van der Waals surface area contributed by atoms with Crippen LogP contribution < -0.4 is 11.1 Å². The second kappa shape index (κ2) is 8.79. The Morgan fingerprint density at radius 1 is 0.808 bits per heavy atom. The predicted molar refractivity (Wildman–Crippen MR) is 106 cm³/mol. The molecule has 0 aliphatic carbocycles. The molecule has 1 amide bonds. The zero-order valence-electron chi connectivity index (χ0n) is 14.5. The molecule has 0 bridgehead atoms. The van der Waals surface area contributed by atoms with Gasteiger partial charge in [-0.05, 0) is 22.3 Å². The van der Waals surface area contributed by atoms with Gasteiger partial charge in [-0.15, -0.1) is 0 Å². The topological polar surface area (TPSA) is 55.1 Å². The Kier molecular flexibility index (Phi) is 5.96. The fourth-order valence-corrected chi connectivity index (χ4v) is 2.94. The molecule has 0 heterocycles. The normalized spacial score (nSPS) is 11.5. The molecule has 3 heteroatoms. The molecule has 0 radical (unpaired) electrons. The Balaban J connectivity index is 1.83. The number of nitrogens with two attached hydrogens (primary N) is 1. The maximum absolute atomic E-state index is 11.9. The van der Waals surface area contributed by atoms with Crippen LogP contribution in [0.2, 0.25) is 0 Å². The lowest BCUT2D eigenvalue weighted by molar-refractivity contribution is -0.120. The van der Waals surface area contributed by atoms with E-state index < -0.39 is 6.04 Å². The smallest absolute Gasteiger partial charge is 0.239 e. The summed E-state index contributed by atoms with van der Waals surface area (Å²) in [7, 11) is 0. The summed E-state index contributed by atoms with van der Waals surface area (Å²) in [6, 6.07) is 29.5. The highest BCUT2D eigenvalue weighted by Crippen LogP contribution is 2.23. The number of hydrogen-bond acceptors (Lipinski definition) is 2. The van der Waals surface area contributed by atoms with Crippen molar-refractivity contribution in [3.63, 3.8) is 0 Å². The van der Waals surface area contributed by atoms with E-state index in [2.05, 4.69) is 35.7 Å². The van der Waals surface area contributed by atoms with Gasteiger partial charge in [0.05, 0.1) is 0 Å². The lowest BCUT2D eigenvalue weighted by Gasteiger charge is -2.15. The average Bonchev–Trinajstić information content (AvgIpc) is 2.70. The number of nitrogens with one attached hydrogen (secondary N) is 1. The first-order valence-electron chi connectivity index (χ1n) is 8.64. The largest absolute Gasteiger partial charge is 0.368 e. The average molecular weight is 342 g/mol. The van der Waals surface area contributed by atoms with Crippen LogP contribution in [0.25, 0.3) is 5.57 Å². The Morgan fingerprint density at radius 2 is 1.27 bits per heavy atom. The molecule has 0 aliphatic rings. The van der Waals surface area contributed by atoms with Crippen LogP contribution in [0, 0.1) is 0 Å². The predicted octanol–water partition coefficient (Wildman–Crippen LogP) is 3.93. The molecule has 0 spiro atoms. The lowest BCUT2D eigenvalue weighted by atomic mass is 9.97. The van der Waals surface area contributed by atoms with Crippen LogP contribution in [0.4, 0.5) is 0 Å². The van der Waals surface area contributed by atoms with E-state index in [9.17, 15) is 4.79 Å². The van der Waals surface area contributed by atoms with Crippen LogP contribution in [0.15, 0.2) is 97.1 Å². The Morgan fingerprint density at radius 3 is 1.73 bits per heavy atom. The van der Waals surface area contributed by atoms with Gasteiger partial charge in [0, 0.05) is 6.54 Å². The van der Waals surface area contributed by atoms with Gasteiger partial charge in [-0.3, -0.25) is 10.1 Å². The Labute approximate surface area is 154 Å². The van der Waals surface area contributed by atoms with Crippen molar-refractivity contribution in [1.82, 2.24) is 5.32 Å². The van der Waals surface area contributed by atoms with E-state index in [1.54, 1.807) is 0 Å². The van der Waals surface area contributed by atoms with Crippen LogP contribution in [-0.4, -0.2) is 12.5 Å². The molecule has 0 unspecified atom stereocenters. The van der Waals surface area contributed by atoms with Gasteiger partial charge < -0.3 is 5.73 Å². The molecule has 3 aromatic carbocycles. The standard InChI is InChI=1S/C23H22N2O/c24-23(26)22(20-14-8-3-9-15-20)25-17-16-21(18-10-4-1-5-11-18)19-12-6-2-7-13-19/h1-16,22,25H,17H2,(H2,24,26)/t22-/m1/s1. The summed E-state index contributed by atoms with van der Waals surface area (Å²) in [4.78, 5) is 11.9. The third-order valence-electron chi connectivity index (χ3n) is 4.22. The van der Waals surface area contributed by atoms with Gasteiger partial charge in [0.1, 0.15) is 6.04 Å². The molecular formula is C23H22N2O. The van der Waals surface area contributed by atoms with Gasteiger partial charge in [-0.25, -0.2) is 0 Å². The molecule has 0 fully saturated rings. The first-order chi connectivity index (χ1) is 12.8. The molecule has 3 aromatic rings. The van der Waals surface area contributed by atoms with Crippen LogP contribution in [-0.2, 0) is 4.79 Å². The third-order valence-corrected chi connectivity index (χ3v) is 4.22. The SMILES string of the molecule is NC(=O)[C@H](NCC=C(c1ccccc1)c1ccccc1)c1ccccc1. The van der Waals surface area contributed by atoms with Crippen molar-refractivity contribution in [3.05, 3.63) is 114 Å². The zero-order chi connectivity index (χ0) is 18.2. The van der Waals surface area contributed by atoms with Crippen LogP contribution in [0.3, 0.4) is 0 Å². The summed E-state index contributed by atoms with van der Waals surface area (Å²) in [6.45, 7) is 0.529. The number of carbonyl (C=O) groups is 1. The monoisotopic (exact) mass is 342 g/mol. The van der Waals surface area contributed by atoms with Crippen molar-refractivity contribution in [2.45, 2.75) is 6.04 Å². The second-order valence-electron chi connectivity index (χ2n) is 6.00. The third kappa shape index (κ3) is 4.47. The van der Waals surface area contributed by atoms with E-state index in [0.29, 0.717) is 6.54 Å². The first-order valence-corrected chi connectivity index (χ1v) is 8.64. The quantitative estimate of drug-likeness (QED) is 0.683. The van der Waals surface area contributed by atoms with Crippen LogP contribution in [0.5, 0.6) is 0 Å². The summed E-state index contributed by atoms with van der Waals surface area (Å²) in [5, 5.41) is 3.25. The highest BCUT2D eigenvalue weighted by atomic mass is 16.1. The van der Waals surface area contributed by atoms with Gasteiger partial charge in [-0.1, -0.05) is 97.1 Å². The molecule has 0 saturated carbocycles. The summed E-state index contributed by atoms with van der Waals surface area (Å²) in [6.07, 6.45) is 2.10. The van der Waals surface area contributed by atoms with Gasteiger partial charge >= 0.3 is 0 Å². The van der Waals surface area contributed by atoms with Gasteiger partial charge in [0.2, 0.25) is 5.91 Å². The van der Waals surface area contributed by atoms with Crippen molar-refractivity contribution in [3.8, 4) is 0 Å². The molecule has 0 aromatic heterocycles. The number of benzene rings is 3. The maximum Gasteiger partial charge on any atom is 0.239 e. The number of carbonyl (C=O) groups excluding carboxylic acids is 1. The van der Waals surface area contributed by atoms with Crippen molar-refractivity contribution in [1.29, 1.82) is 0 Å². The number of rotatable bonds is 7. The molecular weight excluding hydrogens is 320 g/mol. The van der Waals surface area contributed by atoms with Crippen molar-refractivity contribution in [2.75, 3.05) is 6.54 Å². The Hall–Kier alpha value is -3.17. The number of amides is 1. The van der Waals surface area contributed by atoms with Gasteiger partial charge in [0.25, 0.3) is 0 Å². The van der Waals surface area contributed by atoms with Crippen molar-refractivity contribution in [2.24, 2.45) is 5.73 Å². The molecule has 0 saturated heterocycles. The molecule has 26 heavy (non-hydrogen) atoms. The zero-order valence-corrected chi connectivity index (χ0v) is 14.5. The van der Waals surface area contributed by atoms with E-state index in [4.69, 9.17) is 5.73 Å². The van der Waals surface area contributed by atoms with Gasteiger partial charge in [-0.2, -0.15) is 0 Å². The highest BCUT2D eigenvalue weighted by Gasteiger charge is 2.16. The van der Waals surface area contributed by atoms with E-state index in [0.717, 1.165) is 22.3 Å². The molecule has 130 valence electrons. The molecule has 1 atom stereocenters.